The minimum Gasteiger partial charge on any atom is -0.423 e. The lowest BCUT2D eigenvalue weighted by Gasteiger charge is -2.32. The van der Waals surface area contributed by atoms with Crippen molar-refractivity contribution in [3.8, 4) is 0 Å². The molecular formula is C16H31BO3Si. The molecule has 5 heteroatoms. The van der Waals surface area contributed by atoms with Gasteiger partial charge in [0.1, 0.15) is 0 Å². The van der Waals surface area contributed by atoms with E-state index in [2.05, 4.69) is 54.5 Å². The number of hydrogen-bond donors (Lipinski definition) is 0. The zero-order chi connectivity index (χ0) is 15.9. The van der Waals surface area contributed by atoms with E-state index in [1.54, 1.807) is 0 Å². The van der Waals surface area contributed by atoms with E-state index in [4.69, 9.17) is 13.7 Å². The second kappa shape index (κ2) is 5.84. The van der Waals surface area contributed by atoms with Crippen LogP contribution in [0, 0.1) is 5.92 Å². The Morgan fingerprint density at radius 3 is 2.33 bits per heavy atom. The predicted molar refractivity (Wildman–Crippen MR) is 91.1 cm³/mol. The summed E-state index contributed by atoms with van der Waals surface area (Å²) in [7, 11) is -0.607. The van der Waals surface area contributed by atoms with Crippen molar-refractivity contribution in [2.75, 3.05) is 6.61 Å². The molecule has 1 unspecified atom stereocenters. The van der Waals surface area contributed by atoms with Crippen LogP contribution in [0.5, 0.6) is 0 Å². The summed E-state index contributed by atoms with van der Waals surface area (Å²) < 4.78 is 18.3. The van der Waals surface area contributed by atoms with Crippen LogP contribution in [0.15, 0.2) is 11.5 Å². The molecule has 0 spiro atoms. The van der Waals surface area contributed by atoms with E-state index in [9.17, 15) is 0 Å². The average Bonchev–Trinajstić information content (AvgIpc) is 2.81. The molecule has 3 nitrogen and oxygen atoms in total. The maximum atomic E-state index is 6.13. The fourth-order valence-corrected chi connectivity index (χ4v) is 3.73. The summed E-state index contributed by atoms with van der Waals surface area (Å²) in [5, 5.41) is 0.376. The van der Waals surface area contributed by atoms with Gasteiger partial charge in [-0.15, -0.1) is 0 Å². The molecule has 0 aromatic carbocycles. The molecule has 2 rings (SSSR count). The van der Waals surface area contributed by atoms with Crippen molar-refractivity contribution in [1.82, 2.24) is 0 Å². The highest BCUT2D eigenvalue weighted by molar-refractivity contribution is 6.54. The first-order valence-corrected chi connectivity index (χ1v) is 9.41. The maximum Gasteiger partial charge on any atom is 0.490 e. The van der Waals surface area contributed by atoms with Crippen molar-refractivity contribution in [2.45, 2.75) is 77.5 Å². The van der Waals surface area contributed by atoms with Gasteiger partial charge in [-0.25, -0.2) is 0 Å². The van der Waals surface area contributed by atoms with Crippen LogP contribution in [0.2, 0.25) is 5.04 Å². The van der Waals surface area contributed by atoms with Gasteiger partial charge in [-0.1, -0.05) is 26.8 Å². The van der Waals surface area contributed by atoms with Gasteiger partial charge in [-0.3, -0.25) is 0 Å². The van der Waals surface area contributed by atoms with E-state index in [0.29, 0.717) is 11.0 Å². The lowest BCUT2D eigenvalue weighted by atomic mass is 9.77. The molecule has 1 aliphatic heterocycles. The molecular weight excluding hydrogens is 279 g/mol. The SMILES string of the molecule is CC(C)(C)[SiH2]OCC1CC=C(B2OC(C)(C)C(C)(C)O2)C1. The smallest absolute Gasteiger partial charge is 0.423 e. The molecule has 1 saturated heterocycles. The third-order valence-electron chi connectivity index (χ3n) is 4.68. The van der Waals surface area contributed by atoms with Crippen molar-refractivity contribution in [1.29, 1.82) is 0 Å². The van der Waals surface area contributed by atoms with Crippen molar-refractivity contribution in [3.05, 3.63) is 11.5 Å². The molecule has 0 aromatic heterocycles. The molecule has 0 N–H and O–H groups in total. The Morgan fingerprint density at radius 1 is 1.24 bits per heavy atom. The van der Waals surface area contributed by atoms with Crippen LogP contribution < -0.4 is 0 Å². The Bertz CT molecular complexity index is 396. The molecule has 1 heterocycles. The lowest BCUT2D eigenvalue weighted by Crippen LogP contribution is -2.41. The molecule has 0 amide bonds. The zero-order valence-electron chi connectivity index (χ0n) is 14.8. The quantitative estimate of drug-likeness (QED) is 0.746. The standard InChI is InChI=1S/C16H31BO3Si/c1-14(2,3)21-18-11-12-8-9-13(10-12)17-19-15(4,5)16(6,7)20-17/h9,12H,8,10-11,21H2,1-7H3. The van der Waals surface area contributed by atoms with E-state index < -0.39 is 9.76 Å². The topological polar surface area (TPSA) is 27.7 Å². The van der Waals surface area contributed by atoms with Crippen LogP contribution in [0.3, 0.4) is 0 Å². The van der Waals surface area contributed by atoms with Crippen LogP contribution in [0.1, 0.15) is 61.3 Å². The molecule has 0 aromatic rings. The first kappa shape index (κ1) is 17.3. The number of hydrogen-bond acceptors (Lipinski definition) is 3. The van der Waals surface area contributed by atoms with Crippen molar-refractivity contribution in [2.24, 2.45) is 5.92 Å². The van der Waals surface area contributed by atoms with Gasteiger partial charge in [0, 0.05) is 6.61 Å². The Labute approximate surface area is 132 Å². The van der Waals surface area contributed by atoms with E-state index in [0.717, 1.165) is 19.4 Å². The molecule has 1 fully saturated rings. The average molecular weight is 310 g/mol. The molecule has 120 valence electrons. The van der Waals surface area contributed by atoms with E-state index >= 15 is 0 Å². The summed E-state index contributed by atoms with van der Waals surface area (Å²) in [6.07, 6.45) is 4.45. The first-order chi connectivity index (χ1) is 9.50. The largest absolute Gasteiger partial charge is 0.490 e. The molecule has 2 aliphatic rings. The summed E-state index contributed by atoms with van der Waals surface area (Å²) >= 11 is 0. The second-order valence-corrected chi connectivity index (χ2v) is 11.6. The summed E-state index contributed by atoms with van der Waals surface area (Å²) in [6, 6.07) is 0. The zero-order valence-corrected chi connectivity index (χ0v) is 16.2. The Morgan fingerprint density at radius 2 is 1.81 bits per heavy atom. The highest BCUT2D eigenvalue weighted by Crippen LogP contribution is 2.41. The van der Waals surface area contributed by atoms with Crippen LogP contribution in [-0.2, 0) is 13.7 Å². The van der Waals surface area contributed by atoms with Gasteiger partial charge in [0.05, 0.1) is 11.2 Å². The number of rotatable bonds is 4. The summed E-state index contributed by atoms with van der Waals surface area (Å²) in [5.74, 6) is 0.605. The van der Waals surface area contributed by atoms with Gasteiger partial charge in [-0.05, 0) is 57.0 Å². The maximum absolute atomic E-state index is 6.13. The molecule has 0 radical (unpaired) electrons. The second-order valence-electron chi connectivity index (χ2n) is 8.75. The molecule has 1 aliphatic carbocycles. The van der Waals surface area contributed by atoms with Crippen molar-refractivity contribution >= 4 is 16.9 Å². The molecule has 1 atom stereocenters. The van der Waals surface area contributed by atoms with Crippen LogP contribution in [0.25, 0.3) is 0 Å². The van der Waals surface area contributed by atoms with E-state index in [-0.39, 0.29) is 18.3 Å². The monoisotopic (exact) mass is 310 g/mol. The van der Waals surface area contributed by atoms with E-state index in [1.165, 1.54) is 5.47 Å². The lowest BCUT2D eigenvalue weighted by molar-refractivity contribution is 0.00578. The van der Waals surface area contributed by atoms with Gasteiger partial charge in [0.15, 0.2) is 9.76 Å². The van der Waals surface area contributed by atoms with Crippen LogP contribution >= 0.6 is 0 Å². The fourth-order valence-electron chi connectivity index (χ4n) is 2.66. The summed E-state index contributed by atoms with van der Waals surface area (Å²) in [6.45, 7) is 16.1. The third kappa shape index (κ3) is 4.21. The minimum absolute atomic E-state index is 0.167. The predicted octanol–water partition coefficient (Wildman–Crippen LogP) is 3.27. The molecule has 0 bridgehead atoms. The van der Waals surface area contributed by atoms with Gasteiger partial charge >= 0.3 is 7.12 Å². The van der Waals surface area contributed by atoms with Gasteiger partial charge in [-0.2, -0.15) is 0 Å². The van der Waals surface area contributed by atoms with Gasteiger partial charge in [0.2, 0.25) is 0 Å². The van der Waals surface area contributed by atoms with Crippen LogP contribution in [-0.4, -0.2) is 34.7 Å². The highest BCUT2D eigenvalue weighted by atomic mass is 28.2. The normalized spacial score (nSPS) is 28.6. The molecule has 0 saturated carbocycles. The number of allylic oxidation sites excluding steroid dienone is 2. The molecule has 21 heavy (non-hydrogen) atoms. The summed E-state index contributed by atoms with van der Waals surface area (Å²) in [4.78, 5) is 0. The fraction of sp³-hybridized carbons (Fsp3) is 0.875. The van der Waals surface area contributed by atoms with Crippen molar-refractivity contribution < 1.29 is 13.7 Å². The van der Waals surface area contributed by atoms with Crippen LogP contribution in [0.4, 0.5) is 0 Å². The van der Waals surface area contributed by atoms with Gasteiger partial charge in [0.25, 0.3) is 0 Å². The van der Waals surface area contributed by atoms with Crippen molar-refractivity contribution in [3.63, 3.8) is 0 Å². The summed E-state index contributed by atoms with van der Waals surface area (Å²) in [5.41, 5.74) is 0.818. The Hall–Kier alpha value is -0.0982. The van der Waals surface area contributed by atoms with Gasteiger partial charge < -0.3 is 13.7 Å². The Balaban J connectivity index is 1.81. The van der Waals surface area contributed by atoms with E-state index in [1.807, 2.05) is 0 Å². The minimum atomic E-state index is -0.440. The first-order valence-electron chi connectivity index (χ1n) is 8.12. The third-order valence-corrected chi connectivity index (χ3v) is 5.99. The highest BCUT2D eigenvalue weighted by Gasteiger charge is 2.52. The Kier molecular flexibility index (Phi) is 4.80.